The summed E-state index contributed by atoms with van der Waals surface area (Å²) < 4.78 is 5.08. The van der Waals surface area contributed by atoms with E-state index in [-0.39, 0.29) is 24.4 Å². The van der Waals surface area contributed by atoms with Crippen LogP contribution in [0.1, 0.15) is 19.4 Å². The molecular weight excluding hydrogens is 350 g/mol. The first-order chi connectivity index (χ1) is 12.8. The number of hydrogen-bond donors (Lipinski definition) is 4. The molecule has 2 rings (SSSR count). The molecule has 27 heavy (non-hydrogen) atoms. The molecule has 0 aliphatic carbocycles. The van der Waals surface area contributed by atoms with Crippen LogP contribution in [-0.4, -0.2) is 71.7 Å². The molecule has 1 unspecified atom stereocenters. The maximum absolute atomic E-state index is 12.9. The van der Waals surface area contributed by atoms with Gasteiger partial charge in [0.2, 0.25) is 5.91 Å². The predicted molar refractivity (Wildman–Crippen MR) is 100 cm³/mol. The molecule has 150 valence electrons. The minimum atomic E-state index is -1.24. The van der Waals surface area contributed by atoms with E-state index in [1.54, 1.807) is 12.0 Å². The summed E-state index contributed by atoms with van der Waals surface area (Å²) in [5.41, 5.74) is 0.873. The van der Waals surface area contributed by atoms with E-state index in [0.29, 0.717) is 13.2 Å². The molecule has 0 bridgehead atoms. The summed E-state index contributed by atoms with van der Waals surface area (Å²) in [5.74, 6) is -0.119. The van der Waals surface area contributed by atoms with Crippen LogP contribution in [0, 0.1) is 5.92 Å². The molecule has 4 N–H and O–H groups in total. The summed E-state index contributed by atoms with van der Waals surface area (Å²) in [6.45, 7) is 4.76. The monoisotopic (exact) mass is 379 g/mol. The van der Waals surface area contributed by atoms with Gasteiger partial charge >= 0.3 is 6.09 Å². The fourth-order valence-corrected chi connectivity index (χ4v) is 3.41. The summed E-state index contributed by atoms with van der Waals surface area (Å²) in [6, 6.07) is 7.57. The molecule has 1 saturated heterocycles. The third-order valence-electron chi connectivity index (χ3n) is 4.76. The zero-order chi connectivity index (χ0) is 20.0. The average Bonchev–Trinajstić information content (AvgIpc) is 2.96. The molecule has 8 heteroatoms. The van der Waals surface area contributed by atoms with Crippen LogP contribution < -0.4 is 10.6 Å². The second-order valence-corrected chi connectivity index (χ2v) is 7.09. The van der Waals surface area contributed by atoms with E-state index in [0.717, 1.165) is 5.56 Å². The first-order valence-electron chi connectivity index (χ1n) is 9.12. The van der Waals surface area contributed by atoms with Crippen molar-refractivity contribution in [2.75, 3.05) is 20.3 Å². The average molecular weight is 379 g/mol. The zero-order valence-electron chi connectivity index (χ0n) is 16.0. The van der Waals surface area contributed by atoms with Gasteiger partial charge in [-0.05, 0) is 17.9 Å². The van der Waals surface area contributed by atoms with Gasteiger partial charge in [-0.15, -0.1) is 0 Å². The Bertz CT molecular complexity index is 625. The highest BCUT2D eigenvalue weighted by atomic mass is 16.5. The van der Waals surface area contributed by atoms with Gasteiger partial charge in [-0.25, -0.2) is 4.79 Å². The third kappa shape index (κ3) is 5.41. The van der Waals surface area contributed by atoms with E-state index in [4.69, 9.17) is 4.74 Å². The van der Waals surface area contributed by atoms with Gasteiger partial charge in [0.05, 0.1) is 24.9 Å². The number of rotatable bonds is 9. The molecule has 0 spiro atoms. The lowest BCUT2D eigenvalue weighted by molar-refractivity contribution is -0.133. The Hall–Kier alpha value is -2.16. The molecule has 1 heterocycles. The second-order valence-electron chi connectivity index (χ2n) is 7.09. The fourth-order valence-electron chi connectivity index (χ4n) is 3.41. The molecule has 1 fully saturated rings. The van der Waals surface area contributed by atoms with Crippen molar-refractivity contribution in [1.82, 2.24) is 15.5 Å². The standard InChI is InChI=1S/C19H29N3O5/c1-12(2)17-21-15(18(24)22(17)9-10-27-3)16(23)14(20-19(25)26)11-13-7-5-4-6-8-13/h4-8,12,14-17,20-21,23H,9-11H2,1-3H3,(H,25,26)/t14-,15-,16+,17?/m0/s1. The number of ether oxygens (including phenoxy) is 1. The van der Waals surface area contributed by atoms with E-state index in [1.165, 1.54) is 0 Å². The molecule has 0 aromatic heterocycles. The number of aliphatic hydroxyl groups is 1. The highest BCUT2D eigenvalue weighted by Gasteiger charge is 2.45. The number of methoxy groups -OCH3 is 1. The molecule has 2 amide bonds. The molecule has 1 aromatic carbocycles. The maximum atomic E-state index is 12.9. The molecule has 0 radical (unpaired) electrons. The SMILES string of the molecule is COCCN1C(=O)[C@H]([C@H](O)[C@H](Cc2ccccc2)NC(=O)O)NC1C(C)C. The first kappa shape index (κ1) is 21.1. The van der Waals surface area contributed by atoms with Gasteiger partial charge in [0, 0.05) is 13.7 Å². The summed E-state index contributed by atoms with van der Waals surface area (Å²) in [7, 11) is 1.57. The Labute approximate surface area is 159 Å². The Morgan fingerprint density at radius 3 is 2.56 bits per heavy atom. The van der Waals surface area contributed by atoms with Crippen molar-refractivity contribution < 1.29 is 24.5 Å². The van der Waals surface area contributed by atoms with Crippen molar-refractivity contribution >= 4 is 12.0 Å². The van der Waals surface area contributed by atoms with Crippen molar-refractivity contribution in [2.24, 2.45) is 5.92 Å². The van der Waals surface area contributed by atoms with Crippen LogP contribution in [0.25, 0.3) is 0 Å². The Morgan fingerprint density at radius 2 is 2.00 bits per heavy atom. The number of nitrogens with zero attached hydrogens (tertiary/aromatic N) is 1. The maximum Gasteiger partial charge on any atom is 0.404 e. The molecule has 1 aliphatic heterocycles. The van der Waals surface area contributed by atoms with Crippen LogP contribution in [0.15, 0.2) is 30.3 Å². The zero-order valence-corrected chi connectivity index (χ0v) is 16.0. The van der Waals surface area contributed by atoms with Gasteiger partial charge in [-0.1, -0.05) is 44.2 Å². The number of amides is 2. The third-order valence-corrected chi connectivity index (χ3v) is 4.76. The van der Waals surface area contributed by atoms with Gasteiger partial charge in [-0.3, -0.25) is 10.1 Å². The molecule has 8 nitrogen and oxygen atoms in total. The van der Waals surface area contributed by atoms with E-state index < -0.39 is 24.3 Å². The van der Waals surface area contributed by atoms with Gasteiger partial charge in [0.1, 0.15) is 6.04 Å². The van der Waals surface area contributed by atoms with Crippen LogP contribution >= 0.6 is 0 Å². The number of aliphatic hydroxyl groups excluding tert-OH is 1. The lowest BCUT2D eigenvalue weighted by Crippen LogP contribution is -2.55. The van der Waals surface area contributed by atoms with Gasteiger partial charge < -0.3 is 25.2 Å². The van der Waals surface area contributed by atoms with Gasteiger partial charge in [-0.2, -0.15) is 0 Å². The highest BCUT2D eigenvalue weighted by Crippen LogP contribution is 2.21. The molecule has 1 aromatic rings. The number of carbonyl (C=O) groups is 2. The molecule has 1 aliphatic rings. The fraction of sp³-hybridized carbons (Fsp3) is 0.579. The Kier molecular flexibility index (Phi) is 7.58. The number of benzene rings is 1. The number of carboxylic acid groups (broad SMARTS) is 1. The number of hydrogen-bond acceptors (Lipinski definition) is 5. The van der Waals surface area contributed by atoms with E-state index in [9.17, 15) is 19.8 Å². The summed E-state index contributed by atoms with van der Waals surface area (Å²) in [5, 5.41) is 25.6. The summed E-state index contributed by atoms with van der Waals surface area (Å²) in [4.78, 5) is 25.8. The van der Waals surface area contributed by atoms with Crippen molar-refractivity contribution in [1.29, 1.82) is 0 Å². The Balaban J connectivity index is 2.18. The normalized spacial score (nSPS) is 22.1. The molecule has 0 saturated carbocycles. The van der Waals surface area contributed by atoms with E-state index in [2.05, 4.69) is 10.6 Å². The smallest absolute Gasteiger partial charge is 0.404 e. The minimum Gasteiger partial charge on any atom is -0.465 e. The summed E-state index contributed by atoms with van der Waals surface area (Å²) in [6.07, 6.45) is -2.40. The predicted octanol–water partition coefficient (Wildman–Crippen LogP) is 0.655. The molecule has 4 atom stereocenters. The highest BCUT2D eigenvalue weighted by molar-refractivity contribution is 5.85. The second kappa shape index (κ2) is 9.68. The van der Waals surface area contributed by atoms with E-state index in [1.807, 2.05) is 44.2 Å². The van der Waals surface area contributed by atoms with Crippen LogP contribution in [0.5, 0.6) is 0 Å². The topological polar surface area (TPSA) is 111 Å². The Morgan fingerprint density at radius 1 is 1.33 bits per heavy atom. The van der Waals surface area contributed by atoms with Gasteiger partial charge in [0.25, 0.3) is 0 Å². The van der Waals surface area contributed by atoms with Crippen molar-refractivity contribution in [3.05, 3.63) is 35.9 Å². The lowest BCUT2D eigenvalue weighted by Gasteiger charge is -2.27. The van der Waals surface area contributed by atoms with Crippen LogP contribution in [-0.2, 0) is 16.0 Å². The van der Waals surface area contributed by atoms with Gasteiger partial charge in [0.15, 0.2) is 0 Å². The van der Waals surface area contributed by atoms with Crippen molar-refractivity contribution in [3.8, 4) is 0 Å². The van der Waals surface area contributed by atoms with Crippen molar-refractivity contribution in [3.63, 3.8) is 0 Å². The van der Waals surface area contributed by atoms with Crippen LogP contribution in [0.3, 0.4) is 0 Å². The van der Waals surface area contributed by atoms with E-state index >= 15 is 0 Å². The summed E-state index contributed by atoms with van der Waals surface area (Å²) >= 11 is 0. The van der Waals surface area contributed by atoms with Crippen LogP contribution in [0.4, 0.5) is 4.79 Å². The number of nitrogens with one attached hydrogen (secondary N) is 2. The lowest BCUT2D eigenvalue weighted by atomic mass is 9.96. The van der Waals surface area contributed by atoms with Crippen molar-refractivity contribution in [2.45, 2.75) is 44.6 Å². The quantitative estimate of drug-likeness (QED) is 0.502. The largest absolute Gasteiger partial charge is 0.465 e. The number of carbonyl (C=O) groups excluding carboxylic acids is 1. The first-order valence-corrected chi connectivity index (χ1v) is 9.12. The van der Waals surface area contributed by atoms with Crippen LogP contribution in [0.2, 0.25) is 0 Å². The minimum absolute atomic E-state index is 0.128. The molecular formula is C19H29N3O5.